The van der Waals surface area contributed by atoms with Crippen molar-refractivity contribution in [3.05, 3.63) is 0 Å². The summed E-state index contributed by atoms with van der Waals surface area (Å²) in [6.07, 6.45) is 8.03. The van der Waals surface area contributed by atoms with E-state index in [9.17, 15) is 4.79 Å². The molecular formula is C15H27NO2. The zero-order valence-electron chi connectivity index (χ0n) is 11.8. The number of aliphatic carboxylic acids is 1. The van der Waals surface area contributed by atoms with Gasteiger partial charge in [-0.1, -0.05) is 20.3 Å². The van der Waals surface area contributed by atoms with E-state index in [0.717, 1.165) is 19.5 Å². The second-order valence-electron chi connectivity index (χ2n) is 7.00. The molecule has 2 unspecified atom stereocenters. The van der Waals surface area contributed by atoms with Gasteiger partial charge >= 0.3 is 5.97 Å². The van der Waals surface area contributed by atoms with Gasteiger partial charge in [0.2, 0.25) is 0 Å². The zero-order valence-corrected chi connectivity index (χ0v) is 11.8. The molecule has 1 aliphatic carbocycles. The van der Waals surface area contributed by atoms with E-state index in [1.165, 1.54) is 32.1 Å². The van der Waals surface area contributed by atoms with Gasteiger partial charge in [0.25, 0.3) is 0 Å². The molecule has 2 atom stereocenters. The van der Waals surface area contributed by atoms with Gasteiger partial charge in [-0.15, -0.1) is 0 Å². The fourth-order valence-electron chi connectivity index (χ4n) is 3.62. The van der Waals surface area contributed by atoms with E-state index in [2.05, 4.69) is 18.7 Å². The molecule has 2 fully saturated rings. The Kier molecular flexibility index (Phi) is 4.31. The van der Waals surface area contributed by atoms with Crippen molar-refractivity contribution in [1.82, 2.24) is 4.90 Å². The number of carboxylic acids is 1. The molecule has 0 aromatic rings. The Labute approximate surface area is 111 Å². The Morgan fingerprint density at radius 3 is 2.78 bits per heavy atom. The van der Waals surface area contributed by atoms with Crippen LogP contribution < -0.4 is 0 Å². The molecule has 1 aliphatic heterocycles. The number of carboxylic acid groups (broad SMARTS) is 1. The SMILES string of the molecule is CC1(C)CCCC(N2CCC(CC(=O)O)C2)CC1. The Balaban J connectivity index is 1.84. The maximum Gasteiger partial charge on any atom is 0.303 e. The number of hydrogen-bond acceptors (Lipinski definition) is 2. The van der Waals surface area contributed by atoms with Gasteiger partial charge in [-0.3, -0.25) is 4.79 Å². The summed E-state index contributed by atoms with van der Waals surface area (Å²) in [6, 6.07) is 0.713. The van der Waals surface area contributed by atoms with Gasteiger partial charge in [-0.05, 0) is 50.0 Å². The largest absolute Gasteiger partial charge is 0.481 e. The van der Waals surface area contributed by atoms with Crippen molar-refractivity contribution in [2.24, 2.45) is 11.3 Å². The molecule has 0 aromatic heterocycles. The van der Waals surface area contributed by atoms with Crippen LogP contribution in [-0.2, 0) is 4.79 Å². The van der Waals surface area contributed by atoms with Crippen molar-refractivity contribution < 1.29 is 9.90 Å². The van der Waals surface area contributed by atoms with Crippen LogP contribution in [0.15, 0.2) is 0 Å². The van der Waals surface area contributed by atoms with Gasteiger partial charge in [-0.2, -0.15) is 0 Å². The quantitative estimate of drug-likeness (QED) is 0.786. The van der Waals surface area contributed by atoms with Crippen molar-refractivity contribution in [2.75, 3.05) is 13.1 Å². The molecule has 3 nitrogen and oxygen atoms in total. The average Bonchev–Trinajstić information content (AvgIpc) is 2.62. The summed E-state index contributed by atoms with van der Waals surface area (Å²) in [5, 5.41) is 8.87. The molecule has 0 radical (unpaired) electrons. The van der Waals surface area contributed by atoms with Gasteiger partial charge < -0.3 is 10.0 Å². The smallest absolute Gasteiger partial charge is 0.303 e. The molecule has 2 aliphatic rings. The summed E-state index contributed by atoms with van der Waals surface area (Å²) in [5.41, 5.74) is 0.509. The van der Waals surface area contributed by atoms with Gasteiger partial charge in [0.1, 0.15) is 0 Å². The Hall–Kier alpha value is -0.570. The van der Waals surface area contributed by atoms with E-state index in [1.54, 1.807) is 0 Å². The number of rotatable bonds is 3. The Morgan fingerprint density at radius 1 is 1.28 bits per heavy atom. The van der Waals surface area contributed by atoms with E-state index < -0.39 is 5.97 Å². The van der Waals surface area contributed by atoms with Crippen LogP contribution in [0.2, 0.25) is 0 Å². The lowest BCUT2D eigenvalue weighted by molar-refractivity contribution is -0.138. The summed E-state index contributed by atoms with van der Waals surface area (Å²) in [5.74, 6) is -0.248. The fourth-order valence-corrected chi connectivity index (χ4v) is 3.62. The highest BCUT2D eigenvalue weighted by Gasteiger charge is 2.32. The van der Waals surface area contributed by atoms with Crippen molar-refractivity contribution in [1.29, 1.82) is 0 Å². The first-order valence-corrected chi connectivity index (χ1v) is 7.42. The van der Waals surface area contributed by atoms with Crippen LogP contribution in [0.1, 0.15) is 58.8 Å². The lowest BCUT2D eigenvalue weighted by Gasteiger charge is -2.27. The monoisotopic (exact) mass is 253 g/mol. The second-order valence-corrected chi connectivity index (χ2v) is 7.00. The molecule has 3 heteroatoms. The molecule has 0 amide bonds. The molecule has 104 valence electrons. The summed E-state index contributed by atoms with van der Waals surface area (Å²) < 4.78 is 0. The highest BCUT2D eigenvalue weighted by molar-refractivity contribution is 5.67. The second kappa shape index (κ2) is 5.60. The molecule has 0 aromatic carbocycles. The summed E-state index contributed by atoms with van der Waals surface area (Å²) in [6.45, 7) is 6.89. The molecule has 1 saturated heterocycles. The summed E-state index contributed by atoms with van der Waals surface area (Å²) >= 11 is 0. The lowest BCUT2D eigenvalue weighted by atomic mass is 9.85. The standard InChI is InChI=1S/C15H27NO2/c1-15(2)7-3-4-13(5-8-15)16-9-6-12(11-16)10-14(17)18/h12-13H,3-11H2,1-2H3,(H,17,18). The fraction of sp³-hybridized carbons (Fsp3) is 0.933. The van der Waals surface area contributed by atoms with Crippen LogP contribution in [0.4, 0.5) is 0 Å². The number of likely N-dealkylation sites (tertiary alicyclic amines) is 1. The van der Waals surface area contributed by atoms with Crippen LogP contribution >= 0.6 is 0 Å². The molecule has 0 bridgehead atoms. The predicted molar refractivity (Wildman–Crippen MR) is 72.6 cm³/mol. The van der Waals surface area contributed by atoms with Gasteiger partial charge in [0.15, 0.2) is 0 Å². The Morgan fingerprint density at radius 2 is 2.06 bits per heavy atom. The van der Waals surface area contributed by atoms with E-state index in [1.807, 2.05) is 0 Å². The minimum absolute atomic E-state index is 0.356. The van der Waals surface area contributed by atoms with Crippen molar-refractivity contribution in [3.8, 4) is 0 Å². The first kappa shape index (κ1) is 13.9. The number of hydrogen-bond donors (Lipinski definition) is 1. The maximum atomic E-state index is 10.8. The first-order valence-electron chi connectivity index (χ1n) is 7.42. The van der Waals surface area contributed by atoms with E-state index in [4.69, 9.17) is 5.11 Å². The average molecular weight is 253 g/mol. The van der Waals surface area contributed by atoms with Crippen LogP contribution in [-0.4, -0.2) is 35.1 Å². The van der Waals surface area contributed by atoms with E-state index in [-0.39, 0.29) is 0 Å². The molecular weight excluding hydrogens is 226 g/mol. The van der Waals surface area contributed by atoms with Gasteiger partial charge in [0.05, 0.1) is 0 Å². The third-order valence-electron chi connectivity index (χ3n) is 4.84. The van der Waals surface area contributed by atoms with E-state index >= 15 is 0 Å². The zero-order chi connectivity index (χ0) is 13.2. The van der Waals surface area contributed by atoms with Gasteiger partial charge in [0, 0.05) is 19.0 Å². The van der Waals surface area contributed by atoms with Gasteiger partial charge in [-0.25, -0.2) is 0 Å². The lowest BCUT2D eigenvalue weighted by Crippen LogP contribution is -2.33. The number of nitrogens with zero attached hydrogens (tertiary/aromatic N) is 1. The van der Waals surface area contributed by atoms with Crippen LogP contribution in [0.5, 0.6) is 0 Å². The maximum absolute atomic E-state index is 10.8. The third-order valence-corrected chi connectivity index (χ3v) is 4.84. The molecule has 1 saturated carbocycles. The number of carbonyl (C=O) groups is 1. The highest BCUT2D eigenvalue weighted by atomic mass is 16.4. The molecule has 2 rings (SSSR count). The minimum atomic E-state index is -0.635. The highest BCUT2D eigenvalue weighted by Crippen LogP contribution is 2.36. The topological polar surface area (TPSA) is 40.5 Å². The third kappa shape index (κ3) is 3.71. The predicted octanol–water partition coefficient (Wildman–Crippen LogP) is 3.14. The van der Waals surface area contributed by atoms with Crippen molar-refractivity contribution in [2.45, 2.75) is 64.8 Å². The molecule has 1 heterocycles. The van der Waals surface area contributed by atoms with Crippen LogP contribution in [0.3, 0.4) is 0 Å². The van der Waals surface area contributed by atoms with Crippen molar-refractivity contribution >= 4 is 5.97 Å². The van der Waals surface area contributed by atoms with E-state index in [0.29, 0.717) is 23.8 Å². The normalized spacial score (nSPS) is 33.2. The molecule has 18 heavy (non-hydrogen) atoms. The van der Waals surface area contributed by atoms with Crippen LogP contribution in [0, 0.1) is 11.3 Å². The molecule has 0 spiro atoms. The minimum Gasteiger partial charge on any atom is -0.481 e. The summed E-state index contributed by atoms with van der Waals surface area (Å²) in [7, 11) is 0. The van der Waals surface area contributed by atoms with Crippen LogP contribution in [0.25, 0.3) is 0 Å². The Bertz CT molecular complexity index is 301. The van der Waals surface area contributed by atoms with Crippen molar-refractivity contribution in [3.63, 3.8) is 0 Å². The summed E-state index contributed by atoms with van der Waals surface area (Å²) in [4.78, 5) is 13.3. The first-order chi connectivity index (χ1) is 8.46. The molecule has 1 N–H and O–H groups in total.